The molecular weight excluding hydrogens is 252 g/mol. The van der Waals surface area contributed by atoms with Crippen molar-refractivity contribution in [2.45, 2.75) is 58.6 Å². The van der Waals surface area contributed by atoms with Gasteiger partial charge in [-0.15, -0.1) is 12.4 Å². The van der Waals surface area contributed by atoms with Crippen LogP contribution in [0.15, 0.2) is 0 Å². The van der Waals surface area contributed by atoms with Gasteiger partial charge in [0.15, 0.2) is 0 Å². The second-order valence-corrected chi connectivity index (χ2v) is 6.37. The van der Waals surface area contributed by atoms with Crippen LogP contribution in [-0.2, 0) is 4.74 Å². The quantitative estimate of drug-likeness (QED) is 0.817. The van der Waals surface area contributed by atoms with Crippen molar-refractivity contribution in [3.8, 4) is 0 Å². The Balaban J connectivity index is 0.00000289. The van der Waals surface area contributed by atoms with Crippen LogP contribution in [0.4, 0.5) is 4.79 Å². The van der Waals surface area contributed by atoms with Crippen molar-refractivity contribution in [1.29, 1.82) is 0 Å². The van der Waals surface area contributed by atoms with Gasteiger partial charge >= 0.3 is 6.09 Å². The molecule has 0 spiro atoms. The Morgan fingerprint density at radius 3 is 2.11 bits per heavy atom. The minimum absolute atomic E-state index is 0. The number of halogens is 1. The number of amides is 1. The van der Waals surface area contributed by atoms with Crippen molar-refractivity contribution >= 4 is 18.5 Å². The molecule has 1 fully saturated rings. The van der Waals surface area contributed by atoms with Crippen LogP contribution in [0.5, 0.6) is 0 Å². The van der Waals surface area contributed by atoms with Crippen LogP contribution in [-0.4, -0.2) is 30.3 Å². The third kappa shape index (κ3) is 5.91. The van der Waals surface area contributed by atoms with E-state index >= 15 is 0 Å². The smallest absolute Gasteiger partial charge is 0.408 e. The van der Waals surface area contributed by atoms with Gasteiger partial charge < -0.3 is 15.4 Å². The molecule has 1 aliphatic heterocycles. The third-order valence-electron chi connectivity index (χ3n) is 3.18. The third-order valence-corrected chi connectivity index (χ3v) is 3.18. The van der Waals surface area contributed by atoms with Gasteiger partial charge in [0.25, 0.3) is 0 Å². The number of carbonyl (C=O) groups excluding carboxylic acids is 1. The molecule has 0 unspecified atom stereocenters. The number of rotatable bonds is 2. The Morgan fingerprint density at radius 2 is 1.67 bits per heavy atom. The maximum Gasteiger partial charge on any atom is 0.408 e. The van der Waals surface area contributed by atoms with Crippen molar-refractivity contribution in [2.24, 2.45) is 5.92 Å². The summed E-state index contributed by atoms with van der Waals surface area (Å²) in [5.74, 6) is 0.510. The lowest BCUT2D eigenvalue weighted by molar-refractivity contribution is 0.0421. The molecule has 5 heteroatoms. The minimum Gasteiger partial charge on any atom is -0.444 e. The predicted octanol–water partition coefficient (Wildman–Crippen LogP) is 2.71. The minimum atomic E-state index is -0.436. The van der Waals surface area contributed by atoms with Crippen molar-refractivity contribution in [3.63, 3.8) is 0 Å². The molecule has 0 aromatic heterocycles. The molecule has 1 saturated heterocycles. The molecule has 2 N–H and O–H groups in total. The average Bonchev–Trinajstić information content (AvgIpc) is 2.15. The summed E-state index contributed by atoms with van der Waals surface area (Å²) in [6.45, 7) is 11.9. The summed E-state index contributed by atoms with van der Waals surface area (Å²) in [6.07, 6.45) is 1.88. The first-order valence-electron chi connectivity index (χ1n) is 6.42. The van der Waals surface area contributed by atoms with Crippen LogP contribution in [0.3, 0.4) is 0 Å². The van der Waals surface area contributed by atoms with E-state index < -0.39 is 5.60 Å². The summed E-state index contributed by atoms with van der Waals surface area (Å²) in [5.41, 5.74) is -0.640. The number of carbonyl (C=O) groups is 1. The van der Waals surface area contributed by atoms with E-state index in [9.17, 15) is 4.79 Å². The van der Waals surface area contributed by atoms with Crippen LogP contribution < -0.4 is 10.6 Å². The summed E-state index contributed by atoms with van der Waals surface area (Å²) < 4.78 is 5.30. The molecule has 1 heterocycles. The van der Waals surface area contributed by atoms with E-state index in [0.29, 0.717) is 5.92 Å². The Kier molecular flexibility index (Phi) is 6.44. The normalized spacial score (nSPS) is 17.8. The van der Waals surface area contributed by atoms with Gasteiger partial charge in [-0.2, -0.15) is 0 Å². The number of alkyl carbamates (subject to hydrolysis) is 1. The average molecular weight is 279 g/mol. The summed E-state index contributed by atoms with van der Waals surface area (Å²) in [6, 6.07) is 0. The fourth-order valence-electron chi connectivity index (χ4n) is 2.21. The molecule has 0 aromatic carbocycles. The molecule has 0 aliphatic carbocycles. The van der Waals surface area contributed by atoms with E-state index in [0.717, 1.165) is 25.9 Å². The molecule has 1 aliphatic rings. The van der Waals surface area contributed by atoms with Crippen molar-refractivity contribution < 1.29 is 9.53 Å². The predicted molar refractivity (Wildman–Crippen MR) is 76.3 cm³/mol. The molecule has 18 heavy (non-hydrogen) atoms. The maximum absolute atomic E-state index is 11.8. The molecule has 0 bridgehead atoms. The van der Waals surface area contributed by atoms with Crippen LogP contribution in [0.2, 0.25) is 0 Å². The lowest BCUT2D eigenvalue weighted by Gasteiger charge is -2.38. The SMILES string of the molecule is CC(C)(C)OC(=O)NC(C)(C)C1CCNCC1.Cl. The summed E-state index contributed by atoms with van der Waals surface area (Å²) in [5, 5.41) is 6.33. The summed E-state index contributed by atoms with van der Waals surface area (Å²) in [7, 11) is 0. The van der Waals surface area contributed by atoms with Gasteiger partial charge in [0.05, 0.1) is 0 Å². The molecule has 1 amide bonds. The first-order chi connectivity index (χ1) is 7.71. The molecule has 4 nitrogen and oxygen atoms in total. The zero-order valence-electron chi connectivity index (χ0n) is 12.1. The lowest BCUT2D eigenvalue weighted by atomic mass is 9.81. The highest BCUT2D eigenvalue weighted by molar-refractivity contribution is 5.85. The Hall–Kier alpha value is -0.480. The lowest BCUT2D eigenvalue weighted by Crippen LogP contribution is -2.52. The molecule has 0 saturated carbocycles. The topological polar surface area (TPSA) is 50.4 Å². The Bertz CT molecular complexity index is 269. The van der Waals surface area contributed by atoms with Crippen molar-refractivity contribution in [3.05, 3.63) is 0 Å². The molecule has 0 radical (unpaired) electrons. The van der Waals surface area contributed by atoms with Crippen molar-refractivity contribution in [1.82, 2.24) is 10.6 Å². The van der Waals surface area contributed by atoms with Gasteiger partial charge in [0, 0.05) is 5.54 Å². The zero-order chi connectivity index (χ0) is 13.1. The molecule has 108 valence electrons. The van der Waals surface area contributed by atoms with Crippen LogP contribution in [0.1, 0.15) is 47.5 Å². The highest BCUT2D eigenvalue weighted by atomic mass is 35.5. The summed E-state index contributed by atoms with van der Waals surface area (Å²) >= 11 is 0. The largest absolute Gasteiger partial charge is 0.444 e. The Labute approximate surface area is 117 Å². The maximum atomic E-state index is 11.8. The second-order valence-electron chi connectivity index (χ2n) is 6.37. The van der Waals surface area contributed by atoms with Gasteiger partial charge in [-0.25, -0.2) is 4.79 Å². The van der Waals surface area contributed by atoms with E-state index in [1.807, 2.05) is 20.8 Å². The highest BCUT2D eigenvalue weighted by Crippen LogP contribution is 2.25. The van der Waals surface area contributed by atoms with Gasteiger partial charge in [-0.1, -0.05) is 0 Å². The van der Waals surface area contributed by atoms with E-state index in [4.69, 9.17) is 4.74 Å². The Morgan fingerprint density at radius 1 is 1.17 bits per heavy atom. The number of hydrogen-bond acceptors (Lipinski definition) is 3. The van der Waals surface area contributed by atoms with Crippen LogP contribution in [0, 0.1) is 5.92 Å². The van der Waals surface area contributed by atoms with E-state index in [2.05, 4.69) is 24.5 Å². The zero-order valence-corrected chi connectivity index (χ0v) is 12.9. The van der Waals surface area contributed by atoms with Crippen LogP contribution in [0.25, 0.3) is 0 Å². The van der Waals surface area contributed by atoms with Gasteiger partial charge in [-0.3, -0.25) is 0 Å². The molecule has 0 aromatic rings. The highest BCUT2D eigenvalue weighted by Gasteiger charge is 2.33. The van der Waals surface area contributed by atoms with E-state index in [-0.39, 0.29) is 24.0 Å². The fourth-order valence-corrected chi connectivity index (χ4v) is 2.21. The first-order valence-corrected chi connectivity index (χ1v) is 6.42. The number of hydrogen-bond donors (Lipinski definition) is 2. The standard InChI is InChI=1S/C13H26N2O2.ClH/c1-12(2,3)17-11(16)15-13(4,5)10-6-8-14-9-7-10;/h10,14H,6-9H2,1-5H3,(H,15,16);1H. The monoisotopic (exact) mass is 278 g/mol. The number of ether oxygens (including phenoxy) is 1. The number of piperidine rings is 1. The van der Waals surface area contributed by atoms with Crippen molar-refractivity contribution in [2.75, 3.05) is 13.1 Å². The fraction of sp³-hybridized carbons (Fsp3) is 0.923. The molecule has 0 atom stereocenters. The molecule has 1 rings (SSSR count). The van der Waals surface area contributed by atoms with E-state index in [1.165, 1.54) is 0 Å². The van der Waals surface area contributed by atoms with Gasteiger partial charge in [-0.05, 0) is 66.5 Å². The second kappa shape index (κ2) is 6.62. The van der Waals surface area contributed by atoms with E-state index in [1.54, 1.807) is 0 Å². The van der Waals surface area contributed by atoms with Crippen LogP contribution >= 0.6 is 12.4 Å². The molecular formula is C13H27ClN2O2. The first kappa shape index (κ1) is 17.5. The van der Waals surface area contributed by atoms with Gasteiger partial charge in [0.2, 0.25) is 0 Å². The number of nitrogens with one attached hydrogen (secondary N) is 2. The van der Waals surface area contributed by atoms with Gasteiger partial charge in [0.1, 0.15) is 5.60 Å². The summed E-state index contributed by atoms with van der Waals surface area (Å²) in [4.78, 5) is 11.8.